The highest BCUT2D eigenvalue weighted by atomic mass is 19.4. The number of ether oxygens (including phenoxy) is 2. The first-order chi connectivity index (χ1) is 13.4. The molecule has 0 saturated carbocycles. The zero-order valence-electron chi connectivity index (χ0n) is 14.3. The molecule has 2 aromatic heterocycles. The number of aromatic nitrogens is 1. The first-order valence-corrected chi connectivity index (χ1v) is 8.54. The first kappa shape index (κ1) is 16.9. The molecule has 0 fully saturated rings. The van der Waals surface area contributed by atoms with Crippen molar-refractivity contribution in [1.29, 1.82) is 0 Å². The molecule has 0 saturated heterocycles. The highest BCUT2D eigenvalue weighted by Gasteiger charge is 2.36. The summed E-state index contributed by atoms with van der Waals surface area (Å²) in [7, 11) is 0. The highest BCUT2D eigenvalue weighted by Crippen LogP contribution is 2.40. The number of hydrogen-bond acceptors (Lipinski definition) is 5. The van der Waals surface area contributed by atoms with Crippen LogP contribution >= 0.6 is 0 Å². The van der Waals surface area contributed by atoms with Gasteiger partial charge in [0.05, 0.1) is 22.2 Å². The molecule has 5 rings (SSSR count). The molecule has 0 atom stereocenters. The number of pyridine rings is 1. The van der Waals surface area contributed by atoms with Crippen LogP contribution in [0.5, 0.6) is 0 Å². The van der Waals surface area contributed by atoms with Crippen LogP contribution in [-0.4, -0.2) is 11.8 Å². The van der Waals surface area contributed by atoms with Gasteiger partial charge in [-0.1, -0.05) is 6.07 Å². The summed E-state index contributed by atoms with van der Waals surface area (Å²) in [6, 6.07) is 5.54. The van der Waals surface area contributed by atoms with Gasteiger partial charge >= 0.3 is 6.18 Å². The van der Waals surface area contributed by atoms with Crippen LogP contribution < -0.4 is 5.43 Å². The van der Waals surface area contributed by atoms with E-state index < -0.39 is 22.9 Å². The molecular formula is C20H12F3NO4. The van der Waals surface area contributed by atoms with E-state index >= 15 is 0 Å². The molecule has 1 aliphatic heterocycles. The Kier molecular flexibility index (Phi) is 3.52. The van der Waals surface area contributed by atoms with Crippen molar-refractivity contribution < 1.29 is 27.1 Å². The fourth-order valence-corrected chi connectivity index (χ4v) is 3.69. The monoisotopic (exact) mass is 387 g/mol. The van der Waals surface area contributed by atoms with E-state index in [4.69, 9.17) is 13.9 Å². The van der Waals surface area contributed by atoms with Crippen molar-refractivity contribution in [3.63, 3.8) is 0 Å². The fraction of sp³-hybridized carbons (Fsp3) is 0.200. The number of nitrogens with zero attached hydrogens (tertiary/aromatic N) is 1. The number of fused-ring (bicyclic) bond motifs is 4. The number of hydrogen-bond donors (Lipinski definition) is 0. The maximum absolute atomic E-state index is 13.4. The average Bonchev–Trinajstić information content (AvgIpc) is 3.16. The van der Waals surface area contributed by atoms with E-state index in [2.05, 4.69) is 4.98 Å². The maximum Gasteiger partial charge on any atom is 0.418 e. The smallest absolute Gasteiger partial charge is 0.418 e. The molecule has 1 aliphatic carbocycles. The van der Waals surface area contributed by atoms with Crippen molar-refractivity contribution in [3.8, 4) is 11.3 Å². The molecular weight excluding hydrogens is 375 g/mol. The second-order valence-corrected chi connectivity index (χ2v) is 6.51. The van der Waals surface area contributed by atoms with E-state index in [1.807, 2.05) is 6.07 Å². The van der Waals surface area contributed by atoms with E-state index in [-0.39, 0.29) is 23.3 Å². The van der Waals surface area contributed by atoms with E-state index in [0.29, 0.717) is 29.9 Å². The molecule has 0 unspecified atom stereocenters. The van der Waals surface area contributed by atoms with Crippen LogP contribution in [0.2, 0.25) is 0 Å². The van der Waals surface area contributed by atoms with Crippen molar-refractivity contribution in [3.05, 3.63) is 69.4 Å². The largest absolute Gasteiger partial charge is 0.463 e. The van der Waals surface area contributed by atoms with Crippen LogP contribution in [0.3, 0.4) is 0 Å². The third-order valence-corrected chi connectivity index (χ3v) is 4.94. The van der Waals surface area contributed by atoms with Gasteiger partial charge in [-0.15, -0.1) is 0 Å². The lowest BCUT2D eigenvalue weighted by molar-refractivity contribution is -0.137. The Bertz CT molecular complexity index is 1210. The van der Waals surface area contributed by atoms with Crippen molar-refractivity contribution in [2.75, 3.05) is 6.79 Å². The van der Waals surface area contributed by atoms with E-state index in [1.165, 1.54) is 12.3 Å². The van der Waals surface area contributed by atoms with Gasteiger partial charge < -0.3 is 13.9 Å². The van der Waals surface area contributed by atoms with Gasteiger partial charge in [-0.2, -0.15) is 13.2 Å². The summed E-state index contributed by atoms with van der Waals surface area (Å²) in [5.41, 5.74) is -0.647. The van der Waals surface area contributed by atoms with Crippen LogP contribution in [-0.2, 0) is 22.1 Å². The van der Waals surface area contributed by atoms with Gasteiger partial charge in [-0.25, -0.2) is 0 Å². The van der Waals surface area contributed by atoms with Crippen molar-refractivity contribution in [1.82, 2.24) is 4.98 Å². The topological polar surface area (TPSA) is 61.6 Å². The fourth-order valence-electron chi connectivity index (χ4n) is 3.69. The zero-order valence-corrected chi connectivity index (χ0v) is 14.3. The summed E-state index contributed by atoms with van der Waals surface area (Å²) in [6.45, 7) is 0.0456. The quantitative estimate of drug-likeness (QED) is 0.616. The van der Waals surface area contributed by atoms with Gasteiger partial charge in [0.2, 0.25) is 12.2 Å². The number of benzene rings is 1. The molecule has 0 amide bonds. The minimum Gasteiger partial charge on any atom is -0.463 e. The van der Waals surface area contributed by atoms with Crippen molar-refractivity contribution >= 4 is 16.7 Å². The third-order valence-electron chi connectivity index (χ3n) is 4.94. The molecule has 0 bridgehead atoms. The van der Waals surface area contributed by atoms with Crippen LogP contribution in [0.15, 0.2) is 51.7 Å². The van der Waals surface area contributed by atoms with Crippen LogP contribution in [0.1, 0.15) is 23.1 Å². The minimum atomic E-state index is -4.65. The zero-order chi connectivity index (χ0) is 19.5. The second-order valence-electron chi connectivity index (χ2n) is 6.51. The highest BCUT2D eigenvalue weighted by molar-refractivity contribution is 5.94. The van der Waals surface area contributed by atoms with Crippen LogP contribution in [0.4, 0.5) is 13.2 Å². The summed E-state index contributed by atoms with van der Waals surface area (Å²) in [6.07, 6.45) is -1.15. The predicted molar refractivity (Wildman–Crippen MR) is 93.0 cm³/mol. The summed E-state index contributed by atoms with van der Waals surface area (Å²) in [5, 5.41) is 0.173. The van der Waals surface area contributed by atoms with Gasteiger partial charge in [0.1, 0.15) is 17.6 Å². The van der Waals surface area contributed by atoms with Crippen molar-refractivity contribution in [2.24, 2.45) is 0 Å². The third kappa shape index (κ3) is 2.41. The average molecular weight is 387 g/mol. The molecule has 0 spiro atoms. The second kappa shape index (κ2) is 5.85. The molecule has 8 heteroatoms. The minimum absolute atomic E-state index is 0.0456. The van der Waals surface area contributed by atoms with Gasteiger partial charge in [0.15, 0.2) is 5.76 Å². The van der Waals surface area contributed by atoms with E-state index in [9.17, 15) is 18.0 Å². The number of aryl methyl sites for hydroxylation is 1. The molecule has 28 heavy (non-hydrogen) atoms. The first-order valence-electron chi connectivity index (χ1n) is 8.54. The molecule has 3 heterocycles. The Morgan fingerprint density at radius 2 is 1.93 bits per heavy atom. The Balaban J connectivity index is 1.83. The summed E-state index contributed by atoms with van der Waals surface area (Å²) in [5.74, 6) is 1.09. The lowest BCUT2D eigenvalue weighted by atomic mass is 9.90. The predicted octanol–water partition coefficient (Wildman–Crippen LogP) is 4.49. The van der Waals surface area contributed by atoms with Gasteiger partial charge in [0.25, 0.3) is 0 Å². The molecule has 1 aromatic carbocycles. The standard InChI is InChI=1S/C20H12F3NO4/c21-20(22,23)12-2-1-7-24-17(12)11-8-26-13-5-3-10-4-6-14-19(28-9-27-14)15(10)16(13)18(11)25/h1-3,5,7-8H,4,6,9H2. The van der Waals surface area contributed by atoms with E-state index in [0.717, 1.165) is 17.9 Å². The van der Waals surface area contributed by atoms with Gasteiger partial charge in [-0.05, 0) is 30.2 Å². The Morgan fingerprint density at radius 3 is 2.75 bits per heavy atom. The Morgan fingerprint density at radius 1 is 1.07 bits per heavy atom. The summed E-state index contributed by atoms with van der Waals surface area (Å²) >= 11 is 0. The molecule has 2 aliphatic rings. The molecule has 0 N–H and O–H groups in total. The number of alkyl halides is 3. The number of rotatable bonds is 1. The summed E-state index contributed by atoms with van der Waals surface area (Å²) in [4.78, 5) is 17.1. The molecule has 3 aromatic rings. The number of halogens is 3. The molecule has 5 nitrogen and oxygen atoms in total. The van der Waals surface area contributed by atoms with Crippen LogP contribution in [0.25, 0.3) is 28.0 Å². The number of allylic oxidation sites excluding steroid dienone is 1. The molecule has 142 valence electrons. The van der Waals surface area contributed by atoms with E-state index in [1.54, 1.807) is 6.07 Å². The van der Waals surface area contributed by atoms with Crippen molar-refractivity contribution in [2.45, 2.75) is 19.0 Å². The molecule has 0 radical (unpaired) electrons. The van der Waals surface area contributed by atoms with Gasteiger partial charge in [-0.3, -0.25) is 9.78 Å². The Hall–Kier alpha value is -3.29. The SMILES string of the molecule is O=c1c(-c2ncccc2C(F)(F)F)coc2ccc3c(c12)C1=C(CC3)OCO1. The summed E-state index contributed by atoms with van der Waals surface area (Å²) < 4.78 is 56.8. The lowest BCUT2D eigenvalue weighted by Crippen LogP contribution is -2.15. The maximum atomic E-state index is 13.4. The van der Waals surface area contributed by atoms with Gasteiger partial charge in [0, 0.05) is 18.2 Å². The lowest BCUT2D eigenvalue weighted by Gasteiger charge is -2.17. The normalized spacial score (nSPS) is 15.8. The Labute approximate surface area is 156 Å². The van der Waals surface area contributed by atoms with Crippen LogP contribution in [0, 0.1) is 0 Å².